The molecule has 0 aliphatic carbocycles. The molecule has 0 fully saturated rings. The van der Waals surface area contributed by atoms with Crippen molar-refractivity contribution in [3.8, 4) is 0 Å². The molecule has 3 N–H and O–H groups in total. The quantitative estimate of drug-likeness (QED) is 0.572. The monoisotopic (exact) mass is 267 g/mol. The summed E-state index contributed by atoms with van der Waals surface area (Å²) in [6.45, 7) is 0.680. The number of nitrogens with one attached hydrogen (secondary N) is 1. The van der Waals surface area contributed by atoms with Crippen molar-refractivity contribution in [2.75, 3.05) is 6.54 Å². The van der Waals surface area contributed by atoms with Crippen LogP contribution in [0.2, 0.25) is 0 Å². The Kier molecular flexibility index (Phi) is 14.6. The molecule has 84 valence electrons. The van der Waals surface area contributed by atoms with Crippen molar-refractivity contribution in [3.05, 3.63) is 35.9 Å². The summed E-state index contributed by atoms with van der Waals surface area (Å²) >= 11 is 8.28. The van der Waals surface area contributed by atoms with Crippen LogP contribution in [0.4, 0.5) is 0 Å². The molecule has 0 aromatic heterocycles. The van der Waals surface area contributed by atoms with Crippen molar-refractivity contribution in [3.63, 3.8) is 0 Å². The molecule has 0 atom stereocenters. The third kappa shape index (κ3) is 11.9. The zero-order chi connectivity index (χ0) is 11.5. The molecule has 0 radical (unpaired) electrons. The maximum atomic E-state index is 8.65. The van der Waals surface area contributed by atoms with E-state index in [0.717, 1.165) is 6.42 Å². The molecule has 0 unspecified atom stereocenters. The van der Waals surface area contributed by atoms with Crippen LogP contribution in [-0.4, -0.2) is 57.0 Å². The normalized spacial score (nSPS) is 7.75. The Morgan fingerprint density at radius 3 is 2.25 bits per heavy atom. The summed E-state index contributed by atoms with van der Waals surface area (Å²) in [4.78, 5) is 0. The topological polar surface area (TPSA) is 52.5 Å². The van der Waals surface area contributed by atoms with Crippen LogP contribution in [0.15, 0.2) is 30.3 Å². The third-order valence-corrected chi connectivity index (χ3v) is 1.68. The molecule has 0 heterocycles. The predicted molar refractivity (Wildman–Crippen MR) is 76.8 cm³/mol. The van der Waals surface area contributed by atoms with Crippen molar-refractivity contribution in [2.24, 2.45) is 0 Å². The Morgan fingerprint density at radius 2 is 1.81 bits per heavy atom. The van der Waals surface area contributed by atoms with E-state index in [4.69, 9.17) is 10.2 Å². The summed E-state index contributed by atoms with van der Waals surface area (Å²) in [7, 11) is 0. The Bertz CT molecular complexity index is 296. The Morgan fingerprint density at radius 1 is 1.31 bits per heavy atom. The van der Waals surface area contributed by atoms with Crippen LogP contribution in [-0.2, 0) is 6.42 Å². The number of aliphatic hydroxyl groups excluding tert-OH is 2. The number of hydrogen-bond donors (Lipinski definition) is 3. The summed E-state index contributed by atoms with van der Waals surface area (Å²) in [6, 6.07) is 10.1. The molecule has 1 aromatic carbocycles. The molecular weight excluding hydrogens is 253 g/mol. The molecule has 0 saturated carbocycles. The molecule has 0 aliphatic rings. The van der Waals surface area contributed by atoms with Gasteiger partial charge in [0.2, 0.25) is 0 Å². The predicted octanol–water partition coefficient (Wildman–Crippen LogP) is 1.51. The summed E-state index contributed by atoms with van der Waals surface area (Å²) in [5, 5.41) is 18.5. The molecule has 0 amide bonds. The van der Waals surface area contributed by atoms with Gasteiger partial charge in [0.15, 0.2) is 0 Å². The van der Waals surface area contributed by atoms with Crippen molar-refractivity contribution >= 4 is 64.7 Å². The first kappa shape index (κ1) is 18.2. The molecular formula is C10H14NNaO2S2. The van der Waals surface area contributed by atoms with Crippen molar-refractivity contribution in [1.29, 1.82) is 0 Å². The summed E-state index contributed by atoms with van der Waals surface area (Å²) in [6.07, 6.45) is 0.877. The van der Waals surface area contributed by atoms with Gasteiger partial charge in [-0.3, -0.25) is 0 Å². The van der Waals surface area contributed by atoms with E-state index in [0.29, 0.717) is 12.1 Å². The summed E-state index contributed by atoms with van der Waals surface area (Å²) in [5.41, 5.74) is 1.82. The van der Waals surface area contributed by atoms with Gasteiger partial charge in [-0.1, -0.05) is 30.3 Å². The standard InChI is InChI=1S/C9H11NOS.CH2OS.Na.H/c11-9(12)10-7-6-8-4-2-1-3-5-8;2-1-3;;/h1-5H,6-7H2,(H2,10,11,12);1H,(H,2,3);;. The van der Waals surface area contributed by atoms with E-state index in [1.807, 2.05) is 30.3 Å². The van der Waals surface area contributed by atoms with Gasteiger partial charge >= 0.3 is 29.6 Å². The van der Waals surface area contributed by atoms with E-state index in [9.17, 15) is 0 Å². The second-order valence-corrected chi connectivity index (χ2v) is 3.17. The Labute approximate surface area is 128 Å². The van der Waals surface area contributed by atoms with Crippen LogP contribution in [0, 0.1) is 0 Å². The Hall–Kier alpha value is -0.200. The van der Waals surface area contributed by atoms with Gasteiger partial charge in [-0.05, 0) is 36.4 Å². The average Bonchev–Trinajstić information content (AvgIpc) is 2.20. The van der Waals surface area contributed by atoms with Gasteiger partial charge in [0.05, 0.1) is 0 Å². The second-order valence-electron chi connectivity index (χ2n) is 2.57. The van der Waals surface area contributed by atoms with Gasteiger partial charge in [-0.2, -0.15) is 0 Å². The minimum atomic E-state index is -0.133. The number of benzene rings is 1. The first-order valence-corrected chi connectivity index (χ1v) is 5.17. The molecule has 0 bridgehead atoms. The molecule has 0 spiro atoms. The number of aliphatic hydroxyl groups is 2. The van der Waals surface area contributed by atoms with Crippen LogP contribution < -0.4 is 5.32 Å². The van der Waals surface area contributed by atoms with E-state index >= 15 is 0 Å². The van der Waals surface area contributed by atoms with Crippen molar-refractivity contribution in [1.82, 2.24) is 5.32 Å². The zero-order valence-electron chi connectivity index (χ0n) is 8.09. The summed E-state index contributed by atoms with van der Waals surface area (Å²) in [5.74, 6) is 0. The molecule has 3 nitrogen and oxygen atoms in total. The molecule has 16 heavy (non-hydrogen) atoms. The Balaban J connectivity index is 0. The van der Waals surface area contributed by atoms with Gasteiger partial charge in [0.1, 0.15) is 5.55 Å². The first-order valence-electron chi connectivity index (χ1n) is 4.29. The van der Waals surface area contributed by atoms with Gasteiger partial charge in [0.25, 0.3) is 5.17 Å². The molecule has 1 aromatic rings. The zero-order valence-corrected chi connectivity index (χ0v) is 9.72. The molecule has 6 heteroatoms. The van der Waals surface area contributed by atoms with Crippen LogP contribution in [0.3, 0.4) is 0 Å². The minimum absolute atomic E-state index is 0. The van der Waals surface area contributed by atoms with Crippen LogP contribution in [0.25, 0.3) is 0 Å². The number of hydrogen-bond acceptors (Lipinski definition) is 2. The van der Waals surface area contributed by atoms with Crippen LogP contribution in [0.1, 0.15) is 5.56 Å². The van der Waals surface area contributed by atoms with Crippen LogP contribution >= 0.6 is 24.4 Å². The van der Waals surface area contributed by atoms with E-state index in [1.54, 1.807) is 0 Å². The fraction of sp³-hybridized carbons (Fsp3) is 0.200. The van der Waals surface area contributed by atoms with E-state index in [2.05, 4.69) is 29.8 Å². The van der Waals surface area contributed by atoms with E-state index in [1.165, 1.54) is 5.56 Å². The van der Waals surface area contributed by atoms with Crippen molar-refractivity contribution < 1.29 is 10.2 Å². The van der Waals surface area contributed by atoms with E-state index < -0.39 is 0 Å². The van der Waals surface area contributed by atoms with Crippen molar-refractivity contribution in [2.45, 2.75) is 6.42 Å². The number of rotatable bonds is 3. The van der Waals surface area contributed by atoms with Gasteiger partial charge < -0.3 is 15.5 Å². The third-order valence-electron chi connectivity index (χ3n) is 1.53. The number of thiocarbonyl (C=S) groups is 2. The van der Waals surface area contributed by atoms with Crippen LogP contribution in [0.5, 0.6) is 0 Å². The molecule has 0 saturated heterocycles. The van der Waals surface area contributed by atoms with Gasteiger partial charge in [-0.15, -0.1) is 0 Å². The fourth-order valence-electron chi connectivity index (χ4n) is 0.958. The van der Waals surface area contributed by atoms with E-state index in [-0.39, 0.29) is 34.7 Å². The SMILES string of the molecule is OC(=S)NCCc1ccccc1.OC=S.[NaH]. The molecule has 0 aliphatic heterocycles. The molecule has 1 rings (SSSR count). The average molecular weight is 267 g/mol. The fourth-order valence-corrected chi connectivity index (χ4v) is 1.06. The first-order chi connectivity index (χ1) is 7.20. The van der Waals surface area contributed by atoms with Gasteiger partial charge in [0, 0.05) is 6.54 Å². The second kappa shape index (κ2) is 12.9. The maximum absolute atomic E-state index is 8.65. The van der Waals surface area contributed by atoms with Gasteiger partial charge in [-0.25, -0.2) is 0 Å². The summed E-state index contributed by atoms with van der Waals surface area (Å²) < 4.78 is 0.